The summed E-state index contributed by atoms with van der Waals surface area (Å²) in [6.45, 7) is 1.88. The molecule has 190 valence electrons. The second kappa shape index (κ2) is 9.11. The van der Waals surface area contributed by atoms with E-state index in [0.29, 0.717) is 41.9 Å². The van der Waals surface area contributed by atoms with E-state index in [0.717, 1.165) is 30.0 Å². The fraction of sp³-hybridized carbons (Fsp3) is 0.296. The van der Waals surface area contributed by atoms with Crippen molar-refractivity contribution in [1.29, 1.82) is 0 Å². The second-order valence-electron chi connectivity index (χ2n) is 9.12. The molecule has 6 rings (SSSR count). The van der Waals surface area contributed by atoms with Crippen molar-refractivity contribution in [2.75, 3.05) is 27.4 Å². The number of pyridine rings is 1. The number of rotatable bonds is 5. The third kappa shape index (κ3) is 3.79. The summed E-state index contributed by atoms with van der Waals surface area (Å²) in [7, 11) is 2.59. The van der Waals surface area contributed by atoms with E-state index >= 15 is 8.78 Å². The van der Waals surface area contributed by atoms with E-state index in [2.05, 4.69) is 15.2 Å². The van der Waals surface area contributed by atoms with Crippen LogP contribution in [-0.2, 0) is 11.3 Å². The van der Waals surface area contributed by atoms with Crippen molar-refractivity contribution in [1.82, 2.24) is 20.1 Å². The second-order valence-corrected chi connectivity index (χ2v) is 9.12. The van der Waals surface area contributed by atoms with Crippen molar-refractivity contribution >= 4 is 16.8 Å². The third-order valence-electron chi connectivity index (χ3n) is 7.12. The summed E-state index contributed by atoms with van der Waals surface area (Å²) in [5.41, 5.74) is 3.39. The number of halogens is 2. The van der Waals surface area contributed by atoms with Crippen LogP contribution in [-0.4, -0.2) is 59.5 Å². The minimum Gasteiger partial charge on any atom is -0.494 e. The van der Waals surface area contributed by atoms with Gasteiger partial charge in [0.15, 0.2) is 23.1 Å². The molecule has 4 heterocycles. The minimum atomic E-state index is -0.871. The number of nitrogens with zero attached hydrogens (tertiary/aromatic N) is 3. The van der Waals surface area contributed by atoms with E-state index in [-0.39, 0.29) is 34.7 Å². The van der Waals surface area contributed by atoms with Gasteiger partial charge in [0.2, 0.25) is 0 Å². The Bertz CT molecular complexity index is 1500. The van der Waals surface area contributed by atoms with Gasteiger partial charge in [-0.1, -0.05) is 6.07 Å². The molecule has 1 N–H and O–H groups in total. The number of ether oxygens (including phenoxy) is 3. The maximum atomic E-state index is 15.0. The SMILES string of the molecule is COc1cc(OC)c(F)c(-c2cc3[nH]nc(-c4ccc5c(c4)CN(C4CCOCC4)C5=O)c3cn2)c1F. The van der Waals surface area contributed by atoms with E-state index in [4.69, 9.17) is 14.2 Å². The molecule has 2 aliphatic rings. The zero-order chi connectivity index (χ0) is 25.7. The number of carbonyl (C=O) groups excluding carboxylic acids is 1. The highest BCUT2D eigenvalue weighted by Gasteiger charge is 2.34. The predicted molar refractivity (Wildman–Crippen MR) is 131 cm³/mol. The van der Waals surface area contributed by atoms with Gasteiger partial charge >= 0.3 is 0 Å². The molecule has 1 amide bonds. The quantitative estimate of drug-likeness (QED) is 0.421. The Morgan fingerprint density at radius 2 is 1.78 bits per heavy atom. The number of fused-ring (bicyclic) bond motifs is 2. The van der Waals surface area contributed by atoms with Crippen molar-refractivity contribution < 1.29 is 27.8 Å². The average molecular weight is 507 g/mol. The molecule has 10 heteroatoms. The number of benzene rings is 2. The molecular weight excluding hydrogens is 482 g/mol. The Morgan fingerprint density at radius 3 is 2.49 bits per heavy atom. The Balaban J connectivity index is 1.35. The van der Waals surface area contributed by atoms with Gasteiger partial charge in [0.25, 0.3) is 5.91 Å². The lowest BCUT2D eigenvalue weighted by atomic mass is 10.0. The van der Waals surface area contributed by atoms with Gasteiger partial charge in [0.1, 0.15) is 5.69 Å². The van der Waals surface area contributed by atoms with Crippen LogP contribution >= 0.6 is 0 Å². The molecule has 0 unspecified atom stereocenters. The van der Waals surface area contributed by atoms with Gasteiger partial charge in [-0.15, -0.1) is 0 Å². The Kier molecular flexibility index (Phi) is 5.75. The van der Waals surface area contributed by atoms with Gasteiger partial charge in [0.05, 0.1) is 31.0 Å². The number of hydrogen-bond donors (Lipinski definition) is 1. The van der Waals surface area contributed by atoms with E-state index < -0.39 is 11.6 Å². The molecule has 1 fully saturated rings. The summed E-state index contributed by atoms with van der Waals surface area (Å²) in [6.07, 6.45) is 3.21. The molecule has 0 spiro atoms. The molecular formula is C27H24F2N4O4. The van der Waals surface area contributed by atoms with Crippen LogP contribution in [0.1, 0.15) is 28.8 Å². The number of H-pyrrole nitrogens is 1. The van der Waals surface area contributed by atoms with E-state index in [9.17, 15) is 4.79 Å². The van der Waals surface area contributed by atoms with Crippen LogP contribution in [0.4, 0.5) is 8.78 Å². The number of methoxy groups -OCH3 is 2. The van der Waals surface area contributed by atoms with Crippen molar-refractivity contribution in [3.8, 4) is 34.0 Å². The predicted octanol–water partition coefficient (Wildman–Crippen LogP) is 4.72. The third-order valence-corrected chi connectivity index (χ3v) is 7.12. The van der Waals surface area contributed by atoms with Crippen LogP contribution in [0.2, 0.25) is 0 Å². The number of amides is 1. The molecule has 0 atom stereocenters. The molecule has 2 aromatic heterocycles. The first-order valence-electron chi connectivity index (χ1n) is 12.0. The van der Waals surface area contributed by atoms with E-state index in [1.165, 1.54) is 26.5 Å². The zero-order valence-corrected chi connectivity index (χ0v) is 20.3. The molecule has 4 aromatic rings. The van der Waals surface area contributed by atoms with Gasteiger partial charge in [-0.2, -0.15) is 5.10 Å². The highest BCUT2D eigenvalue weighted by molar-refractivity contribution is 6.00. The first-order valence-corrected chi connectivity index (χ1v) is 12.0. The van der Waals surface area contributed by atoms with Gasteiger partial charge in [-0.25, -0.2) is 8.78 Å². The molecule has 37 heavy (non-hydrogen) atoms. The van der Waals surface area contributed by atoms with Gasteiger partial charge in [0, 0.05) is 54.6 Å². The summed E-state index contributed by atoms with van der Waals surface area (Å²) in [4.78, 5) is 19.3. The van der Waals surface area contributed by atoms with Crippen LogP contribution in [0.25, 0.3) is 33.4 Å². The van der Waals surface area contributed by atoms with Gasteiger partial charge in [-0.3, -0.25) is 14.9 Å². The van der Waals surface area contributed by atoms with Crippen molar-refractivity contribution in [2.45, 2.75) is 25.4 Å². The van der Waals surface area contributed by atoms with Crippen LogP contribution in [0.3, 0.4) is 0 Å². The van der Waals surface area contributed by atoms with Gasteiger partial charge < -0.3 is 19.1 Å². The van der Waals surface area contributed by atoms with E-state index in [1.54, 1.807) is 0 Å². The molecule has 0 aliphatic carbocycles. The summed E-state index contributed by atoms with van der Waals surface area (Å²) < 4.78 is 45.5. The molecule has 0 bridgehead atoms. The fourth-order valence-corrected chi connectivity index (χ4v) is 5.16. The minimum absolute atomic E-state index is 0.0458. The summed E-state index contributed by atoms with van der Waals surface area (Å²) in [5, 5.41) is 8.08. The number of carbonyl (C=O) groups is 1. The fourth-order valence-electron chi connectivity index (χ4n) is 5.16. The number of hydrogen-bond acceptors (Lipinski definition) is 6. The largest absolute Gasteiger partial charge is 0.494 e. The Morgan fingerprint density at radius 1 is 1.05 bits per heavy atom. The first kappa shape index (κ1) is 23.4. The maximum absolute atomic E-state index is 15.0. The molecule has 1 saturated heterocycles. The van der Waals surface area contributed by atoms with Crippen LogP contribution < -0.4 is 9.47 Å². The van der Waals surface area contributed by atoms with Crippen molar-refractivity contribution in [2.24, 2.45) is 0 Å². The highest BCUT2D eigenvalue weighted by atomic mass is 19.1. The number of nitrogens with one attached hydrogen (secondary N) is 1. The summed E-state index contributed by atoms with van der Waals surface area (Å²) in [6, 6.07) is 8.55. The van der Waals surface area contributed by atoms with Crippen LogP contribution in [0.5, 0.6) is 11.5 Å². The standard InChI is InChI=1S/C27H24F2N4O4/c1-35-21-11-22(36-2)25(29)23(24(21)28)20-10-19-18(12-30-20)26(32-31-19)14-3-4-17-15(9-14)13-33(27(17)34)16-5-7-37-8-6-16/h3-4,9-12,16H,5-8,13H2,1-2H3,(H,31,32). The Hall–Kier alpha value is -4.05. The normalized spacial score (nSPS) is 15.9. The lowest BCUT2D eigenvalue weighted by molar-refractivity contribution is 0.0303. The monoisotopic (exact) mass is 506 g/mol. The maximum Gasteiger partial charge on any atom is 0.254 e. The topological polar surface area (TPSA) is 89.6 Å². The Labute approximate surface area is 211 Å². The number of aromatic amines is 1. The smallest absolute Gasteiger partial charge is 0.254 e. The van der Waals surface area contributed by atoms with Crippen LogP contribution in [0.15, 0.2) is 36.5 Å². The molecule has 0 radical (unpaired) electrons. The molecule has 0 saturated carbocycles. The molecule has 2 aromatic carbocycles. The number of aromatic nitrogens is 3. The average Bonchev–Trinajstić information content (AvgIpc) is 3.50. The lowest BCUT2D eigenvalue weighted by Gasteiger charge is -2.30. The lowest BCUT2D eigenvalue weighted by Crippen LogP contribution is -2.39. The van der Waals surface area contributed by atoms with Crippen molar-refractivity contribution in [3.05, 3.63) is 59.3 Å². The zero-order valence-electron chi connectivity index (χ0n) is 20.3. The summed E-state index contributed by atoms with van der Waals surface area (Å²) in [5.74, 6) is -2.00. The molecule has 2 aliphatic heterocycles. The highest BCUT2D eigenvalue weighted by Crippen LogP contribution is 2.38. The summed E-state index contributed by atoms with van der Waals surface area (Å²) >= 11 is 0. The van der Waals surface area contributed by atoms with Crippen molar-refractivity contribution in [3.63, 3.8) is 0 Å². The van der Waals surface area contributed by atoms with E-state index in [1.807, 2.05) is 23.1 Å². The first-order chi connectivity index (χ1) is 18.0. The van der Waals surface area contributed by atoms with Gasteiger partial charge in [-0.05, 0) is 36.6 Å². The molecule has 8 nitrogen and oxygen atoms in total. The van der Waals surface area contributed by atoms with Crippen LogP contribution in [0, 0.1) is 11.6 Å².